The molecule has 0 radical (unpaired) electrons. The van der Waals surface area contributed by atoms with Gasteiger partial charge in [0.15, 0.2) is 0 Å². The molecule has 4 heteroatoms. The SMILES string of the molecule is N#CC(COC=O)c1ccccc1Cl. The van der Waals surface area contributed by atoms with Crippen molar-refractivity contribution < 1.29 is 9.53 Å². The highest BCUT2D eigenvalue weighted by Gasteiger charge is 2.13. The van der Waals surface area contributed by atoms with E-state index in [0.717, 1.165) is 0 Å². The van der Waals surface area contributed by atoms with Crippen LogP contribution in [0.5, 0.6) is 0 Å². The third kappa shape index (κ3) is 2.48. The molecule has 0 aliphatic heterocycles. The summed E-state index contributed by atoms with van der Waals surface area (Å²) in [4.78, 5) is 9.98. The first-order chi connectivity index (χ1) is 6.79. The lowest BCUT2D eigenvalue weighted by atomic mass is 10.0. The van der Waals surface area contributed by atoms with Gasteiger partial charge in [-0.05, 0) is 11.6 Å². The van der Waals surface area contributed by atoms with Crippen molar-refractivity contribution in [1.82, 2.24) is 0 Å². The summed E-state index contributed by atoms with van der Waals surface area (Å²) in [6.07, 6.45) is 0. The van der Waals surface area contributed by atoms with Gasteiger partial charge in [-0.2, -0.15) is 5.26 Å². The Morgan fingerprint density at radius 3 is 2.86 bits per heavy atom. The molecule has 1 rings (SSSR count). The Morgan fingerprint density at radius 1 is 1.57 bits per heavy atom. The Balaban J connectivity index is 2.85. The van der Waals surface area contributed by atoms with Gasteiger partial charge in [0.25, 0.3) is 6.47 Å². The minimum Gasteiger partial charge on any atom is -0.466 e. The van der Waals surface area contributed by atoms with Crippen LogP contribution in [-0.2, 0) is 9.53 Å². The highest BCUT2D eigenvalue weighted by atomic mass is 35.5. The standard InChI is InChI=1S/C10H8ClNO2/c11-10-4-2-1-3-9(10)8(5-12)6-14-7-13/h1-4,7-8H,6H2. The zero-order valence-electron chi connectivity index (χ0n) is 7.31. The molecule has 0 N–H and O–H groups in total. The molecule has 1 atom stereocenters. The maximum absolute atomic E-state index is 9.98. The first kappa shape index (κ1) is 10.6. The van der Waals surface area contributed by atoms with Crippen LogP contribution in [0.4, 0.5) is 0 Å². The fourth-order valence-electron chi connectivity index (χ4n) is 1.09. The number of halogens is 1. The summed E-state index contributed by atoms with van der Waals surface area (Å²) in [6.45, 7) is 0.352. The number of ether oxygens (including phenoxy) is 1. The first-order valence-electron chi connectivity index (χ1n) is 3.99. The van der Waals surface area contributed by atoms with Crippen molar-refractivity contribution >= 4 is 18.1 Å². The normalized spacial score (nSPS) is 11.4. The number of benzene rings is 1. The first-order valence-corrected chi connectivity index (χ1v) is 4.36. The van der Waals surface area contributed by atoms with E-state index in [9.17, 15) is 4.79 Å². The third-order valence-corrected chi connectivity index (χ3v) is 2.11. The molecule has 1 aromatic rings. The van der Waals surface area contributed by atoms with Crippen LogP contribution in [0.2, 0.25) is 5.02 Å². The van der Waals surface area contributed by atoms with Gasteiger partial charge < -0.3 is 4.74 Å². The van der Waals surface area contributed by atoms with Crippen molar-refractivity contribution in [3.8, 4) is 6.07 Å². The monoisotopic (exact) mass is 209 g/mol. The molecule has 0 spiro atoms. The molecule has 0 bridgehead atoms. The topological polar surface area (TPSA) is 50.1 Å². The quantitative estimate of drug-likeness (QED) is 0.714. The number of nitrogens with zero attached hydrogens (tertiary/aromatic N) is 1. The largest absolute Gasteiger partial charge is 0.466 e. The second-order valence-corrected chi connectivity index (χ2v) is 3.04. The van der Waals surface area contributed by atoms with E-state index < -0.39 is 5.92 Å². The van der Waals surface area contributed by atoms with Gasteiger partial charge in [-0.25, -0.2) is 0 Å². The lowest BCUT2D eigenvalue weighted by Crippen LogP contribution is -2.05. The molecule has 0 saturated heterocycles. The highest BCUT2D eigenvalue weighted by Crippen LogP contribution is 2.23. The van der Waals surface area contributed by atoms with Gasteiger partial charge in [-0.15, -0.1) is 0 Å². The van der Waals surface area contributed by atoms with Crippen molar-refractivity contribution in [3.63, 3.8) is 0 Å². The smallest absolute Gasteiger partial charge is 0.293 e. The molecule has 72 valence electrons. The second-order valence-electron chi connectivity index (χ2n) is 2.63. The van der Waals surface area contributed by atoms with E-state index in [1.807, 2.05) is 6.07 Å². The summed E-state index contributed by atoms with van der Waals surface area (Å²) < 4.78 is 4.53. The zero-order valence-corrected chi connectivity index (χ0v) is 8.07. The summed E-state index contributed by atoms with van der Waals surface area (Å²) in [5.74, 6) is -0.506. The number of carbonyl (C=O) groups is 1. The van der Waals surface area contributed by atoms with E-state index in [4.69, 9.17) is 16.9 Å². The van der Waals surface area contributed by atoms with Gasteiger partial charge in [-0.3, -0.25) is 4.79 Å². The summed E-state index contributed by atoms with van der Waals surface area (Å²) in [5, 5.41) is 9.33. The van der Waals surface area contributed by atoms with Crippen LogP contribution in [0.25, 0.3) is 0 Å². The average molecular weight is 210 g/mol. The number of hydrogen-bond acceptors (Lipinski definition) is 3. The Labute approximate surface area is 86.9 Å². The van der Waals surface area contributed by atoms with Crippen molar-refractivity contribution in [2.24, 2.45) is 0 Å². The lowest BCUT2D eigenvalue weighted by Gasteiger charge is -2.09. The van der Waals surface area contributed by atoms with Gasteiger partial charge in [0, 0.05) is 5.02 Å². The van der Waals surface area contributed by atoms with Gasteiger partial charge in [-0.1, -0.05) is 29.8 Å². The van der Waals surface area contributed by atoms with E-state index in [0.29, 0.717) is 17.1 Å². The minimum atomic E-state index is -0.506. The molecule has 14 heavy (non-hydrogen) atoms. The number of nitriles is 1. The van der Waals surface area contributed by atoms with Crippen molar-refractivity contribution in [1.29, 1.82) is 5.26 Å². The van der Waals surface area contributed by atoms with Gasteiger partial charge in [0.1, 0.15) is 12.5 Å². The summed E-state index contributed by atoms with van der Waals surface area (Å²) in [6, 6.07) is 9.03. The summed E-state index contributed by atoms with van der Waals surface area (Å²) in [7, 11) is 0. The van der Waals surface area contributed by atoms with Gasteiger partial charge >= 0.3 is 0 Å². The van der Waals surface area contributed by atoms with Crippen LogP contribution in [0.1, 0.15) is 11.5 Å². The Kier molecular flexibility index (Phi) is 3.96. The van der Waals surface area contributed by atoms with Crippen LogP contribution in [0, 0.1) is 11.3 Å². The van der Waals surface area contributed by atoms with Crippen LogP contribution in [0.15, 0.2) is 24.3 Å². The predicted octanol–water partition coefficient (Wildman–Crippen LogP) is 2.12. The Bertz CT molecular complexity index is 359. The fraction of sp³-hybridized carbons (Fsp3) is 0.200. The van der Waals surface area contributed by atoms with Crippen LogP contribution in [-0.4, -0.2) is 13.1 Å². The molecule has 0 aliphatic carbocycles. The van der Waals surface area contributed by atoms with E-state index in [2.05, 4.69) is 4.74 Å². The molecular weight excluding hydrogens is 202 g/mol. The number of rotatable bonds is 4. The van der Waals surface area contributed by atoms with Crippen LogP contribution >= 0.6 is 11.6 Å². The van der Waals surface area contributed by atoms with Crippen molar-refractivity contribution in [3.05, 3.63) is 34.9 Å². The Hall–Kier alpha value is -1.53. The van der Waals surface area contributed by atoms with Crippen LogP contribution < -0.4 is 0 Å². The zero-order chi connectivity index (χ0) is 10.4. The van der Waals surface area contributed by atoms with E-state index in [1.165, 1.54) is 0 Å². The number of hydrogen-bond donors (Lipinski definition) is 0. The minimum absolute atomic E-state index is 0.0315. The van der Waals surface area contributed by atoms with E-state index >= 15 is 0 Å². The fourth-order valence-corrected chi connectivity index (χ4v) is 1.36. The molecule has 0 amide bonds. The van der Waals surface area contributed by atoms with Gasteiger partial charge in [0.05, 0.1) is 6.07 Å². The molecule has 1 aromatic carbocycles. The molecule has 0 aliphatic rings. The van der Waals surface area contributed by atoms with Crippen molar-refractivity contribution in [2.45, 2.75) is 5.92 Å². The highest BCUT2D eigenvalue weighted by molar-refractivity contribution is 6.31. The molecule has 0 fully saturated rings. The molecular formula is C10H8ClNO2. The summed E-state index contributed by atoms with van der Waals surface area (Å²) >= 11 is 5.88. The maximum atomic E-state index is 9.98. The number of carbonyl (C=O) groups excluding carboxylic acids is 1. The molecule has 0 heterocycles. The van der Waals surface area contributed by atoms with Crippen LogP contribution in [0.3, 0.4) is 0 Å². The maximum Gasteiger partial charge on any atom is 0.293 e. The average Bonchev–Trinajstić information content (AvgIpc) is 2.21. The Morgan fingerprint density at radius 2 is 2.29 bits per heavy atom. The second kappa shape index (κ2) is 5.25. The summed E-state index contributed by atoms with van der Waals surface area (Å²) in [5.41, 5.74) is 0.679. The third-order valence-electron chi connectivity index (χ3n) is 1.77. The predicted molar refractivity (Wildman–Crippen MR) is 51.8 cm³/mol. The van der Waals surface area contributed by atoms with Crippen molar-refractivity contribution in [2.75, 3.05) is 6.61 Å². The molecule has 3 nitrogen and oxygen atoms in total. The molecule has 0 saturated carbocycles. The molecule has 0 aromatic heterocycles. The van der Waals surface area contributed by atoms with E-state index in [-0.39, 0.29) is 6.61 Å². The molecule has 1 unspecified atom stereocenters. The van der Waals surface area contributed by atoms with E-state index in [1.54, 1.807) is 24.3 Å². The van der Waals surface area contributed by atoms with Gasteiger partial charge in [0.2, 0.25) is 0 Å². The lowest BCUT2D eigenvalue weighted by molar-refractivity contribution is -0.128.